The Morgan fingerprint density at radius 2 is 2.18 bits per heavy atom. The van der Waals surface area contributed by atoms with Gasteiger partial charge in [0.15, 0.2) is 0 Å². The normalized spacial score (nSPS) is 21.2. The standard InChI is InChI=1S/C13H26N2O2/c1-13(2,3)6-4-5-7-15-12(16)11-10-14-8-9-17-11/h11,14H,4-10H2,1-3H3,(H,15,16). The Balaban J connectivity index is 2.04. The van der Waals surface area contributed by atoms with Crippen molar-refractivity contribution >= 4 is 5.91 Å². The number of carbonyl (C=O) groups excluding carboxylic acids is 1. The summed E-state index contributed by atoms with van der Waals surface area (Å²) in [5, 5.41) is 6.09. The van der Waals surface area contributed by atoms with Crippen LogP contribution >= 0.6 is 0 Å². The zero-order chi connectivity index (χ0) is 12.7. The zero-order valence-corrected chi connectivity index (χ0v) is 11.3. The third kappa shape index (κ3) is 6.64. The van der Waals surface area contributed by atoms with Crippen molar-refractivity contribution in [2.24, 2.45) is 5.41 Å². The molecule has 1 aliphatic heterocycles. The quantitative estimate of drug-likeness (QED) is 0.715. The predicted octanol–water partition coefficient (Wildman–Crippen LogP) is 1.31. The van der Waals surface area contributed by atoms with Crippen LogP contribution in [0.1, 0.15) is 40.0 Å². The van der Waals surface area contributed by atoms with E-state index >= 15 is 0 Å². The zero-order valence-electron chi connectivity index (χ0n) is 11.3. The summed E-state index contributed by atoms with van der Waals surface area (Å²) < 4.78 is 5.38. The van der Waals surface area contributed by atoms with E-state index in [9.17, 15) is 4.79 Å². The van der Waals surface area contributed by atoms with E-state index < -0.39 is 0 Å². The lowest BCUT2D eigenvalue weighted by Gasteiger charge is -2.23. The average Bonchev–Trinajstić information content (AvgIpc) is 2.28. The van der Waals surface area contributed by atoms with Gasteiger partial charge in [-0.25, -0.2) is 0 Å². The minimum atomic E-state index is -0.300. The van der Waals surface area contributed by atoms with Gasteiger partial charge in [-0.1, -0.05) is 27.2 Å². The maximum absolute atomic E-state index is 11.7. The summed E-state index contributed by atoms with van der Waals surface area (Å²) in [6.07, 6.45) is 3.10. The summed E-state index contributed by atoms with van der Waals surface area (Å²) in [5.74, 6) is 0.0213. The van der Waals surface area contributed by atoms with E-state index in [2.05, 4.69) is 31.4 Å². The largest absolute Gasteiger partial charge is 0.366 e. The van der Waals surface area contributed by atoms with Crippen molar-refractivity contribution < 1.29 is 9.53 Å². The minimum Gasteiger partial charge on any atom is -0.366 e. The monoisotopic (exact) mass is 242 g/mol. The summed E-state index contributed by atoms with van der Waals surface area (Å²) >= 11 is 0. The fourth-order valence-corrected chi connectivity index (χ4v) is 1.84. The van der Waals surface area contributed by atoms with Crippen LogP contribution in [0.4, 0.5) is 0 Å². The Bertz CT molecular complexity index is 230. The lowest BCUT2D eigenvalue weighted by molar-refractivity contribution is -0.134. The lowest BCUT2D eigenvalue weighted by Crippen LogP contribution is -2.48. The first kappa shape index (κ1) is 14.5. The maximum Gasteiger partial charge on any atom is 0.250 e. The van der Waals surface area contributed by atoms with Gasteiger partial charge in [0.2, 0.25) is 5.91 Å². The second kappa shape index (κ2) is 6.97. The van der Waals surface area contributed by atoms with Crippen LogP contribution in [0.3, 0.4) is 0 Å². The second-order valence-corrected chi connectivity index (χ2v) is 5.87. The van der Waals surface area contributed by atoms with Gasteiger partial charge in [0.1, 0.15) is 6.10 Å². The van der Waals surface area contributed by atoms with Gasteiger partial charge in [-0.15, -0.1) is 0 Å². The highest BCUT2D eigenvalue weighted by Crippen LogP contribution is 2.21. The molecule has 1 fully saturated rings. The molecule has 0 aliphatic carbocycles. The Labute approximate surface area is 104 Å². The third-order valence-corrected chi connectivity index (χ3v) is 2.87. The Hall–Kier alpha value is -0.610. The first-order valence-electron chi connectivity index (χ1n) is 6.59. The molecule has 0 radical (unpaired) electrons. The molecule has 1 heterocycles. The van der Waals surface area contributed by atoms with E-state index in [0.717, 1.165) is 25.9 Å². The first-order valence-corrected chi connectivity index (χ1v) is 6.59. The molecule has 0 aromatic carbocycles. The smallest absolute Gasteiger partial charge is 0.250 e. The van der Waals surface area contributed by atoms with Crippen molar-refractivity contribution in [3.8, 4) is 0 Å². The molecular formula is C13H26N2O2. The minimum absolute atomic E-state index is 0.0213. The second-order valence-electron chi connectivity index (χ2n) is 5.87. The molecule has 0 saturated carbocycles. The Kier molecular flexibility index (Phi) is 5.92. The van der Waals surface area contributed by atoms with E-state index in [1.165, 1.54) is 6.42 Å². The van der Waals surface area contributed by atoms with Crippen LogP contribution in [0.15, 0.2) is 0 Å². The van der Waals surface area contributed by atoms with Crippen LogP contribution < -0.4 is 10.6 Å². The van der Waals surface area contributed by atoms with Gasteiger partial charge in [-0.3, -0.25) is 4.79 Å². The van der Waals surface area contributed by atoms with E-state index in [1.807, 2.05) is 0 Å². The van der Waals surface area contributed by atoms with Crippen LogP contribution in [0.2, 0.25) is 0 Å². The molecule has 4 heteroatoms. The summed E-state index contributed by atoms with van der Waals surface area (Å²) in [5.41, 5.74) is 0.389. The fourth-order valence-electron chi connectivity index (χ4n) is 1.84. The number of hydrogen-bond acceptors (Lipinski definition) is 3. The van der Waals surface area contributed by atoms with Gasteiger partial charge in [-0.2, -0.15) is 0 Å². The molecular weight excluding hydrogens is 216 g/mol. The van der Waals surface area contributed by atoms with Crippen LogP contribution in [-0.4, -0.2) is 38.3 Å². The molecule has 17 heavy (non-hydrogen) atoms. The molecule has 1 unspecified atom stereocenters. The van der Waals surface area contributed by atoms with Gasteiger partial charge < -0.3 is 15.4 Å². The SMILES string of the molecule is CC(C)(C)CCCCNC(=O)C1CNCCO1. The van der Waals surface area contributed by atoms with Gasteiger partial charge in [0, 0.05) is 19.6 Å². The van der Waals surface area contributed by atoms with Gasteiger partial charge >= 0.3 is 0 Å². The third-order valence-electron chi connectivity index (χ3n) is 2.87. The number of unbranched alkanes of at least 4 members (excludes halogenated alkanes) is 1. The molecule has 1 amide bonds. The van der Waals surface area contributed by atoms with Crippen LogP contribution in [0.25, 0.3) is 0 Å². The van der Waals surface area contributed by atoms with E-state index in [1.54, 1.807) is 0 Å². The van der Waals surface area contributed by atoms with Crippen molar-refractivity contribution in [2.45, 2.75) is 46.1 Å². The molecule has 1 atom stereocenters. The average molecular weight is 242 g/mol. The van der Waals surface area contributed by atoms with Crippen molar-refractivity contribution in [1.82, 2.24) is 10.6 Å². The molecule has 0 aromatic rings. The van der Waals surface area contributed by atoms with Gasteiger partial charge in [-0.05, 0) is 18.3 Å². The van der Waals surface area contributed by atoms with E-state index in [4.69, 9.17) is 4.74 Å². The number of amides is 1. The molecule has 2 N–H and O–H groups in total. The van der Waals surface area contributed by atoms with Crippen molar-refractivity contribution in [2.75, 3.05) is 26.2 Å². The van der Waals surface area contributed by atoms with Crippen LogP contribution in [0, 0.1) is 5.41 Å². The van der Waals surface area contributed by atoms with Crippen LogP contribution in [-0.2, 0) is 9.53 Å². The topological polar surface area (TPSA) is 50.4 Å². The highest BCUT2D eigenvalue weighted by atomic mass is 16.5. The Morgan fingerprint density at radius 1 is 1.41 bits per heavy atom. The van der Waals surface area contributed by atoms with Crippen molar-refractivity contribution in [3.63, 3.8) is 0 Å². The number of carbonyl (C=O) groups is 1. The maximum atomic E-state index is 11.7. The van der Waals surface area contributed by atoms with Gasteiger partial charge in [0.25, 0.3) is 0 Å². The molecule has 0 bridgehead atoms. The van der Waals surface area contributed by atoms with E-state index in [-0.39, 0.29) is 12.0 Å². The highest BCUT2D eigenvalue weighted by molar-refractivity contribution is 5.81. The van der Waals surface area contributed by atoms with Crippen molar-refractivity contribution in [3.05, 3.63) is 0 Å². The number of nitrogens with one attached hydrogen (secondary N) is 2. The summed E-state index contributed by atoms with van der Waals surface area (Å²) in [6.45, 7) is 9.59. The fraction of sp³-hybridized carbons (Fsp3) is 0.923. The number of rotatable bonds is 5. The number of ether oxygens (including phenoxy) is 1. The molecule has 1 aliphatic rings. The summed E-state index contributed by atoms with van der Waals surface area (Å²) in [6, 6.07) is 0. The number of hydrogen-bond donors (Lipinski definition) is 2. The molecule has 1 saturated heterocycles. The molecule has 4 nitrogen and oxygen atoms in total. The number of morpholine rings is 1. The molecule has 0 aromatic heterocycles. The van der Waals surface area contributed by atoms with E-state index in [0.29, 0.717) is 18.6 Å². The highest BCUT2D eigenvalue weighted by Gasteiger charge is 2.20. The summed E-state index contributed by atoms with van der Waals surface area (Å²) in [4.78, 5) is 11.7. The molecule has 1 rings (SSSR count). The lowest BCUT2D eigenvalue weighted by atomic mass is 9.90. The van der Waals surface area contributed by atoms with Crippen LogP contribution in [0.5, 0.6) is 0 Å². The molecule has 0 spiro atoms. The van der Waals surface area contributed by atoms with Crippen molar-refractivity contribution in [1.29, 1.82) is 0 Å². The Morgan fingerprint density at radius 3 is 2.76 bits per heavy atom. The molecule has 100 valence electrons. The first-order chi connectivity index (χ1) is 7.99. The summed E-state index contributed by atoms with van der Waals surface area (Å²) in [7, 11) is 0. The predicted molar refractivity (Wildman–Crippen MR) is 68.9 cm³/mol. The van der Waals surface area contributed by atoms with Gasteiger partial charge in [0.05, 0.1) is 6.61 Å².